The normalized spacial score (nSPS) is 10.2. The second kappa shape index (κ2) is 7.49. The predicted octanol–water partition coefficient (Wildman–Crippen LogP) is 2.41. The summed E-state index contributed by atoms with van der Waals surface area (Å²) in [5.74, 6) is 0.382. The van der Waals surface area contributed by atoms with Crippen LogP contribution in [0.15, 0.2) is 41.0 Å². The van der Waals surface area contributed by atoms with E-state index in [0.29, 0.717) is 23.6 Å². The van der Waals surface area contributed by atoms with Gasteiger partial charge in [-0.15, -0.1) is 0 Å². The molecular weight excluding hydrogens is 298 g/mol. The Labute approximate surface area is 134 Å². The molecule has 0 atom stereocenters. The van der Waals surface area contributed by atoms with E-state index in [-0.39, 0.29) is 12.5 Å². The van der Waals surface area contributed by atoms with Gasteiger partial charge in [0.05, 0.1) is 25.5 Å². The van der Waals surface area contributed by atoms with Crippen LogP contribution in [0.1, 0.15) is 21.7 Å². The van der Waals surface area contributed by atoms with Crippen molar-refractivity contribution in [3.63, 3.8) is 0 Å². The Balaban J connectivity index is 1.89. The Morgan fingerprint density at radius 3 is 2.70 bits per heavy atom. The molecule has 1 heterocycles. The third kappa shape index (κ3) is 4.35. The van der Waals surface area contributed by atoms with E-state index < -0.39 is 5.97 Å². The maximum Gasteiger partial charge on any atom is 0.338 e. The highest BCUT2D eigenvalue weighted by Gasteiger charge is 2.15. The first-order chi connectivity index (χ1) is 11.0. The Hall–Kier alpha value is -2.76. The van der Waals surface area contributed by atoms with Gasteiger partial charge >= 0.3 is 5.97 Å². The van der Waals surface area contributed by atoms with Gasteiger partial charge in [-0.1, -0.05) is 6.07 Å². The minimum Gasteiger partial charge on any atom is -0.496 e. The zero-order valence-electron chi connectivity index (χ0n) is 13.4. The quantitative estimate of drug-likeness (QED) is 0.765. The maximum atomic E-state index is 12.0. The van der Waals surface area contributed by atoms with Gasteiger partial charge in [0.2, 0.25) is 0 Å². The lowest BCUT2D eigenvalue weighted by Crippen LogP contribution is -2.30. The Kier molecular flexibility index (Phi) is 5.41. The second-order valence-corrected chi connectivity index (χ2v) is 5.09. The number of nitrogens with zero attached hydrogens (tertiary/aromatic N) is 1. The number of methoxy groups -OCH3 is 1. The van der Waals surface area contributed by atoms with E-state index in [0.717, 1.165) is 5.56 Å². The van der Waals surface area contributed by atoms with Crippen LogP contribution >= 0.6 is 0 Å². The summed E-state index contributed by atoms with van der Waals surface area (Å²) in [6.45, 7) is 1.87. The highest BCUT2D eigenvalue weighted by atomic mass is 16.5. The average Bonchev–Trinajstić information content (AvgIpc) is 3.05. The standard InChI is InChI=1S/C17H19NO5/c1-12-6-7-13(9-15(12)21-3)17(20)23-11-16(19)18(2)10-14-5-4-8-22-14/h4-9H,10-11H2,1-3H3. The van der Waals surface area contributed by atoms with Crippen LogP contribution in [0.25, 0.3) is 0 Å². The topological polar surface area (TPSA) is 69.0 Å². The number of rotatable bonds is 6. The molecule has 2 aromatic rings. The van der Waals surface area contributed by atoms with Crippen molar-refractivity contribution in [1.29, 1.82) is 0 Å². The molecular formula is C17H19NO5. The fourth-order valence-electron chi connectivity index (χ4n) is 1.99. The third-order valence-electron chi connectivity index (χ3n) is 3.37. The van der Waals surface area contributed by atoms with E-state index in [1.807, 2.05) is 6.92 Å². The zero-order valence-corrected chi connectivity index (χ0v) is 13.4. The number of carbonyl (C=O) groups excluding carboxylic acids is 2. The lowest BCUT2D eigenvalue weighted by molar-refractivity contribution is -0.133. The molecule has 0 aliphatic heterocycles. The summed E-state index contributed by atoms with van der Waals surface area (Å²) in [5, 5.41) is 0. The van der Waals surface area contributed by atoms with Crippen molar-refractivity contribution in [2.75, 3.05) is 20.8 Å². The molecule has 0 N–H and O–H groups in total. The SMILES string of the molecule is COc1cc(C(=O)OCC(=O)N(C)Cc2ccco2)ccc1C. The molecule has 23 heavy (non-hydrogen) atoms. The van der Waals surface area contributed by atoms with Gasteiger partial charge in [0.1, 0.15) is 11.5 Å². The highest BCUT2D eigenvalue weighted by molar-refractivity contribution is 5.91. The highest BCUT2D eigenvalue weighted by Crippen LogP contribution is 2.19. The molecule has 1 aromatic carbocycles. The third-order valence-corrected chi connectivity index (χ3v) is 3.37. The van der Waals surface area contributed by atoms with Gasteiger partial charge in [-0.05, 0) is 36.8 Å². The van der Waals surface area contributed by atoms with Crippen molar-refractivity contribution >= 4 is 11.9 Å². The number of amides is 1. The molecule has 6 heteroatoms. The fourth-order valence-corrected chi connectivity index (χ4v) is 1.99. The lowest BCUT2D eigenvalue weighted by Gasteiger charge is -2.15. The van der Waals surface area contributed by atoms with Crippen LogP contribution in [0.3, 0.4) is 0 Å². The van der Waals surface area contributed by atoms with Crippen molar-refractivity contribution in [1.82, 2.24) is 4.90 Å². The van der Waals surface area contributed by atoms with Crippen LogP contribution in [-0.2, 0) is 16.1 Å². The van der Waals surface area contributed by atoms with Gasteiger partial charge < -0.3 is 18.8 Å². The van der Waals surface area contributed by atoms with E-state index >= 15 is 0 Å². The van der Waals surface area contributed by atoms with Crippen molar-refractivity contribution in [2.24, 2.45) is 0 Å². The first-order valence-electron chi connectivity index (χ1n) is 7.09. The molecule has 6 nitrogen and oxygen atoms in total. The molecule has 2 rings (SSSR count). The summed E-state index contributed by atoms with van der Waals surface area (Å²) < 4.78 is 15.4. The van der Waals surface area contributed by atoms with Gasteiger partial charge in [-0.2, -0.15) is 0 Å². The molecule has 0 radical (unpaired) electrons. The Bertz CT molecular complexity index is 678. The summed E-state index contributed by atoms with van der Waals surface area (Å²) >= 11 is 0. The smallest absolute Gasteiger partial charge is 0.338 e. The van der Waals surface area contributed by atoms with E-state index in [1.165, 1.54) is 12.0 Å². The van der Waals surface area contributed by atoms with Crippen LogP contribution in [-0.4, -0.2) is 37.5 Å². The average molecular weight is 317 g/mol. The number of furan rings is 1. The number of esters is 1. The van der Waals surface area contributed by atoms with Crippen molar-refractivity contribution in [3.05, 3.63) is 53.5 Å². The first kappa shape index (κ1) is 16.6. The molecule has 1 amide bonds. The first-order valence-corrected chi connectivity index (χ1v) is 7.09. The van der Waals surface area contributed by atoms with E-state index in [4.69, 9.17) is 13.9 Å². The molecule has 0 unspecified atom stereocenters. The Morgan fingerprint density at radius 1 is 1.26 bits per heavy atom. The number of carbonyl (C=O) groups is 2. The van der Waals surface area contributed by atoms with Crippen LogP contribution in [0, 0.1) is 6.92 Å². The van der Waals surface area contributed by atoms with Gasteiger partial charge in [0.25, 0.3) is 5.91 Å². The number of aryl methyl sites for hydroxylation is 1. The number of hydrogen-bond acceptors (Lipinski definition) is 5. The van der Waals surface area contributed by atoms with Crippen LogP contribution in [0.4, 0.5) is 0 Å². The van der Waals surface area contributed by atoms with Gasteiger partial charge in [0, 0.05) is 7.05 Å². The fraction of sp³-hybridized carbons (Fsp3) is 0.294. The zero-order chi connectivity index (χ0) is 16.8. The summed E-state index contributed by atoms with van der Waals surface area (Å²) in [6, 6.07) is 8.51. The molecule has 0 fully saturated rings. The monoisotopic (exact) mass is 317 g/mol. The summed E-state index contributed by atoms with van der Waals surface area (Å²) in [4.78, 5) is 25.4. The number of benzene rings is 1. The van der Waals surface area contributed by atoms with Crippen LogP contribution < -0.4 is 4.74 Å². The van der Waals surface area contributed by atoms with Gasteiger partial charge in [0.15, 0.2) is 6.61 Å². The van der Waals surface area contributed by atoms with Crippen molar-refractivity contribution in [3.8, 4) is 5.75 Å². The summed E-state index contributed by atoms with van der Waals surface area (Å²) in [6.07, 6.45) is 1.54. The molecule has 0 bridgehead atoms. The second-order valence-electron chi connectivity index (χ2n) is 5.09. The molecule has 1 aromatic heterocycles. The van der Waals surface area contributed by atoms with E-state index in [1.54, 1.807) is 43.6 Å². The summed E-state index contributed by atoms with van der Waals surface area (Å²) in [5.41, 5.74) is 1.26. The number of ether oxygens (including phenoxy) is 2. The number of hydrogen-bond donors (Lipinski definition) is 0. The summed E-state index contributed by atoms with van der Waals surface area (Å²) in [7, 11) is 3.15. The molecule has 0 saturated heterocycles. The van der Waals surface area contributed by atoms with Crippen molar-refractivity contribution < 1.29 is 23.5 Å². The minimum atomic E-state index is -0.567. The molecule has 0 aliphatic carbocycles. The van der Waals surface area contributed by atoms with E-state index in [2.05, 4.69) is 0 Å². The molecule has 0 saturated carbocycles. The van der Waals surface area contributed by atoms with E-state index in [9.17, 15) is 9.59 Å². The largest absolute Gasteiger partial charge is 0.496 e. The van der Waals surface area contributed by atoms with Gasteiger partial charge in [-0.3, -0.25) is 4.79 Å². The van der Waals surface area contributed by atoms with Crippen LogP contribution in [0.5, 0.6) is 5.75 Å². The predicted molar refractivity (Wildman–Crippen MR) is 83.2 cm³/mol. The molecule has 0 aliphatic rings. The molecule has 122 valence electrons. The minimum absolute atomic E-state index is 0.311. The van der Waals surface area contributed by atoms with Gasteiger partial charge in [-0.25, -0.2) is 4.79 Å². The Morgan fingerprint density at radius 2 is 2.04 bits per heavy atom. The maximum absolute atomic E-state index is 12.0. The van der Waals surface area contributed by atoms with Crippen molar-refractivity contribution in [2.45, 2.75) is 13.5 Å². The molecule has 0 spiro atoms. The van der Waals surface area contributed by atoms with Crippen LogP contribution in [0.2, 0.25) is 0 Å². The number of likely N-dealkylation sites (N-methyl/N-ethyl adjacent to an activating group) is 1. The lowest BCUT2D eigenvalue weighted by atomic mass is 10.1.